The van der Waals surface area contributed by atoms with Gasteiger partial charge < -0.3 is 14.7 Å². The zero-order valence-electron chi connectivity index (χ0n) is 9.34. The van der Waals surface area contributed by atoms with Gasteiger partial charge in [-0.05, 0) is 0 Å². The number of hydrogen-bond acceptors (Lipinski definition) is 4. The largest absolute Gasteiger partial charge is 0.381 e. The zero-order valence-corrected chi connectivity index (χ0v) is 9.34. The van der Waals surface area contributed by atoms with Crippen LogP contribution in [0.4, 0.5) is 4.79 Å². The van der Waals surface area contributed by atoms with Crippen molar-refractivity contribution < 1.29 is 19.5 Å². The molecule has 0 heterocycles. The highest BCUT2D eigenvalue weighted by Crippen LogP contribution is 1.96. The molecule has 0 fully saturated rings. The Balaban J connectivity index is 4.06. The summed E-state index contributed by atoms with van der Waals surface area (Å²) in [6.45, 7) is 0.450. The molecule has 0 aromatic rings. The SMILES string of the molecule is COC/C=C/CN(OC)C(=O)N(C)CO. The number of aliphatic hydroxyl groups excluding tert-OH is 1. The van der Waals surface area contributed by atoms with Gasteiger partial charge in [-0.3, -0.25) is 4.84 Å². The lowest BCUT2D eigenvalue weighted by Crippen LogP contribution is -2.41. The van der Waals surface area contributed by atoms with Crippen molar-refractivity contribution in [1.29, 1.82) is 0 Å². The Morgan fingerprint density at radius 1 is 1.40 bits per heavy atom. The quantitative estimate of drug-likeness (QED) is 0.389. The van der Waals surface area contributed by atoms with Gasteiger partial charge in [-0.1, -0.05) is 12.2 Å². The van der Waals surface area contributed by atoms with Crippen molar-refractivity contribution in [3.05, 3.63) is 12.2 Å². The fraction of sp³-hybridized carbons (Fsp3) is 0.667. The molecule has 6 heteroatoms. The van der Waals surface area contributed by atoms with Crippen molar-refractivity contribution >= 4 is 6.03 Å². The van der Waals surface area contributed by atoms with Crippen molar-refractivity contribution in [3.8, 4) is 0 Å². The van der Waals surface area contributed by atoms with Gasteiger partial charge in [0.1, 0.15) is 6.73 Å². The maximum atomic E-state index is 11.5. The van der Waals surface area contributed by atoms with Crippen LogP contribution in [0, 0.1) is 0 Å². The average molecular weight is 218 g/mol. The lowest BCUT2D eigenvalue weighted by Gasteiger charge is -2.23. The summed E-state index contributed by atoms with van der Waals surface area (Å²) in [6.07, 6.45) is 3.52. The summed E-state index contributed by atoms with van der Waals surface area (Å²) in [7, 11) is 4.46. The Kier molecular flexibility index (Phi) is 7.61. The molecule has 0 aromatic carbocycles. The molecule has 2 amide bonds. The van der Waals surface area contributed by atoms with Gasteiger partial charge in [0.15, 0.2) is 0 Å². The third-order valence-corrected chi connectivity index (χ3v) is 1.67. The first-order valence-electron chi connectivity index (χ1n) is 4.48. The van der Waals surface area contributed by atoms with E-state index in [2.05, 4.69) is 0 Å². The maximum Gasteiger partial charge on any atom is 0.345 e. The monoisotopic (exact) mass is 218 g/mol. The Labute approximate surface area is 89.6 Å². The molecule has 0 aliphatic carbocycles. The van der Waals surface area contributed by atoms with E-state index < -0.39 is 6.03 Å². The molecule has 0 atom stereocenters. The minimum Gasteiger partial charge on any atom is -0.381 e. The Bertz CT molecular complexity index is 208. The van der Waals surface area contributed by atoms with Crippen LogP contribution in [-0.4, -0.2) is 62.3 Å². The number of hydrogen-bond donors (Lipinski definition) is 1. The van der Waals surface area contributed by atoms with Gasteiger partial charge in [0.05, 0.1) is 20.3 Å². The van der Waals surface area contributed by atoms with Crippen LogP contribution in [0.3, 0.4) is 0 Å². The number of amides is 2. The summed E-state index contributed by atoms with van der Waals surface area (Å²) in [6, 6.07) is -0.401. The molecule has 0 rings (SSSR count). The Morgan fingerprint density at radius 2 is 2.07 bits per heavy atom. The summed E-state index contributed by atoms with van der Waals surface area (Å²) in [5.74, 6) is 0. The Hall–Kier alpha value is -1.11. The Morgan fingerprint density at radius 3 is 2.53 bits per heavy atom. The van der Waals surface area contributed by atoms with Crippen molar-refractivity contribution in [2.45, 2.75) is 0 Å². The summed E-state index contributed by atoms with van der Waals surface area (Å²) >= 11 is 0. The smallest absolute Gasteiger partial charge is 0.345 e. The molecule has 15 heavy (non-hydrogen) atoms. The number of urea groups is 1. The zero-order chi connectivity index (χ0) is 11.7. The van der Waals surface area contributed by atoms with Gasteiger partial charge in [-0.25, -0.2) is 4.79 Å². The van der Waals surface area contributed by atoms with E-state index in [1.54, 1.807) is 19.3 Å². The molecule has 0 aromatic heterocycles. The normalized spacial score (nSPS) is 10.7. The molecule has 1 N–H and O–H groups in total. The highest BCUT2D eigenvalue weighted by molar-refractivity contribution is 5.72. The van der Waals surface area contributed by atoms with Crippen LogP contribution in [0.25, 0.3) is 0 Å². The van der Waals surface area contributed by atoms with Crippen LogP contribution in [-0.2, 0) is 9.57 Å². The van der Waals surface area contributed by atoms with Gasteiger partial charge in [-0.15, -0.1) is 0 Å². The van der Waals surface area contributed by atoms with Crippen molar-refractivity contribution in [2.24, 2.45) is 0 Å². The van der Waals surface area contributed by atoms with Crippen LogP contribution in [0.5, 0.6) is 0 Å². The number of ether oxygens (including phenoxy) is 1. The van der Waals surface area contributed by atoms with Crippen LogP contribution in [0.1, 0.15) is 0 Å². The van der Waals surface area contributed by atoms with Crippen LogP contribution < -0.4 is 0 Å². The number of methoxy groups -OCH3 is 1. The second kappa shape index (κ2) is 8.22. The average Bonchev–Trinajstić information content (AvgIpc) is 2.27. The molecular weight excluding hydrogens is 200 g/mol. The highest BCUT2D eigenvalue weighted by Gasteiger charge is 2.15. The standard InChI is InChI=1S/C9H18N2O4/c1-10(8-12)9(13)11(15-3)6-4-5-7-14-2/h4-5,12H,6-8H2,1-3H3/b5-4+. The van der Waals surface area contributed by atoms with Gasteiger partial charge in [0.25, 0.3) is 0 Å². The second-order valence-corrected chi connectivity index (χ2v) is 2.79. The number of hydroxylamine groups is 2. The van der Waals surface area contributed by atoms with Crippen LogP contribution in [0.15, 0.2) is 12.2 Å². The fourth-order valence-electron chi connectivity index (χ4n) is 0.816. The van der Waals surface area contributed by atoms with E-state index >= 15 is 0 Å². The van der Waals surface area contributed by atoms with Gasteiger partial charge in [-0.2, -0.15) is 5.06 Å². The molecule has 0 saturated carbocycles. The van der Waals surface area contributed by atoms with Gasteiger partial charge >= 0.3 is 6.03 Å². The number of carbonyl (C=O) groups is 1. The van der Waals surface area contributed by atoms with Crippen molar-refractivity contribution in [1.82, 2.24) is 9.96 Å². The number of carbonyl (C=O) groups excluding carboxylic acids is 1. The molecule has 0 unspecified atom stereocenters. The second-order valence-electron chi connectivity index (χ2n) is 2.79. The molecule has 0 aliphatic heterocycles. The molecule has 0 saturated heterocycles. The summed E-state index contributed by atoms with van der Waals surface area (Å²) < 4.78 is 4.80. The van der Waals surface area contributed by atoms with E-state index in [0.29, 0.717) is 13.2 Å². The van der Waals surface area contributed by atoms with E-state index in [0.717, 1.165) is 9.96 Å². The first kappa shape index (κ1) is 13.9. The molecule has 88 valence electrons. The maximum absolute atomic E-state index is 11.5. The minimum atomic E-state index is -0.401. The van der Waals surface area contributed by atoms with Crippen molar-refractivity contribution in [2.75, 3.05) is 41.1 Å². The lowest BCUT2D eigenvalue weighted by molar-refractivity contribution is -0.0906. The molecule has 0 spiro atoms. The summed E-state index contributed by atoms with van der Waals surface area (Å²) in [5, 5.41) is 9.87. The topological polar surface area (TPSA) is 62.2 Å². The lowest BCUT2D eigenvalue weighted by atomic mass is 10.5. The molecular formula is C9H18N2O4. The van der Waals surface area contributed by atoms with Crippen molar-refractivity contribution in [3.63, 3.8) is 0 Å². The first-order chi connectivity index (χ1) is 7.17. The molecule has 0 bridgehead atoms. The number of aliphatic hydroxyl groups is 1. The third-order valence-electron chi connectivity index (χ3n) is 1.67. The first-order valence-corrected chi connectivity index (χ1v) is 4.48. The van der Waals surface area contributed by atoms with Crippen LogP contribution in [0.2, 0.25) is 0 Å². The van der Waals surface area contributed by atoms with E-state index in [1.807, 2.05) is 0 Å². The number of rotatable bonds is 6. The summed E-state index contributed by atoms with van der Waals surface area (Å²) in [4.78, 5) is 17.5. The predicted molar refractivity (Wildman–Crippen MR) is 55.0 cm³/mol. The van der Waals surface area contributed by atoms with E-state index in [1.165, 1.54) is 14.2 Å². The predicted octanol–water partition coefficient (Wildman–Crippen LogP) is 0.0540. The highest BCUT2D eigenvalue weighted by atomic mass is 16.7. The van der Waals surface area contributed by atoms with Gasteiger partial charge in [0.2, 0.25) is 0 Å². The van der Waals surface area contributed by atoms with Gasteiger partial charge in [0, 0.05) is 14.2 Å². The minimum absolute atomic E-state index is 0.309. The van der Waals surface area contributed by atoms with E-state index in [4.69, 9.17) is 14.7 Å². The molecule has 0 radical (unpaired) electrons. The molecule has 0 aliphatic rings. The summed E-state index contributed by atoms with van der Waals surface area (Å²) in [5.41, 5.74) is 0. The van der Waals surface area contributed by atoms with E-state index in [9.17, 15) is 4.79 Å². The van der Waals surface area contributed by atoms with E-state index in [-0.39, 0.29) is 6.73 Å². The third kappa shape index (κ3) is 5.36. The number of nitrogens with zero attached hydrogens (tertiary/aromatic N) is 2. The molecule has 6 nitrogen and oxygen atoms in total. The fourth-order valence-corrected chi connectivity index (χ4v) is 0.816. The van der Waals surface area contributed by atoms with Crippen LogP contribution >= 0.6 is 0 Å².